The Bertz CT molecular complexity index is 937. The fourth-order valence-electron chi connectivity index (χ4n) is 2.53. The maximum absolute atomic E-state index is 5.95. The van der Waals surface area contributed by atoms with Gasteiger partial charge < -0.3 is 4.74 Å². The van der Waals surface area contributed by atoms with Gasteiger partial charge in [0.15, 0.2) is 11.5 Å². The zero-order chi connectivity index (χ0) is 16.2. The van der Waals surface area contributed by atoms with Crippen molar-refractivity contribution < 1.29 is 4.74 Å². The fraction of sp³-hybridized carbons (Fsp3) is 0.111. The molecule has 0 amide bonds. The van der Waals surface area contributed by atoms with Crippen LogP contribution in [0.1, 0.15) is 5.56 Å². The Kier molecular flexibility index (Phi) is 3.85. The molecule has 4 aromatic rings. The van der Waals surface area contributed by atoms with E-state index in [4.69, 9.17) is 4.74 Å². The van der Waals surface area contributed by atoms with Gasteiger partial charge in [-0.15, -0.1) is 10.2 Å². The Morgan fingerprint density at radius 2 is 1.71 bits per heavy atom. The van der Waals surface area contributed by atoms with Gasteiger partial charge in [-0.25, -0.2) is 4.40 Å². The first-order chi connectivity index (χ1) is 11.9. The summed E-state index contributed by atoms with van der Waals surface area (Å²) in [6.07, 6.45) is 7.64. The third-order valence-corrected chi connectivity index (χ3v) is 3.71. The summed E-state index contributed by atoms with van der Waals surface area (Å²) in [5.41, 5.74) is 2.81. The Balaban J connectivity index is 1.62. The highest BCUT2D eigenvalue weighted by Gasteiger charge is 2.12. The second-order valence-corrected chi connectivity index (χ2v) is 5.28. The second kappa shape index (κ2) is 6.45. The molecule has 6 heteroatoms. The summed E-state index contributed by atoms with van der Waals surface area (Å²) in [6, 6.07) is 14.0. The monoisotopic (exact) mass is 317 g/mol. The maximum atomic E-state index is 5.95. The summed E-state index contributed by atoms with van der Waals surface area (Å²) < 4.78 is 7.82. The van der Waals surface area contributed by atoms with E-state index in [0.29, 0.717) is 24.0 Å². The molecule has 3 aromatic heterocycles. The normalized spacial score (nSPS) is 10.8. The van der Waals surface area contributed by atoms with Gasteiger partial charge in [0.2, 0.25) is 5.88 Å². The minimum Gasteiger partial charge on any atom is -0.477 e. The topological polar surface area (TPSA) is 65.2 Å². The molecule has 0 N–H and O–H groups in total. The first-order valence-corrected chi connectivity index (χ1v) is 7.68. The Morgan fingerprint density at radius 1 is 0.875 bits per heavy atom. The zero-order valence-electron chi connectivity index (χ0n) is 12.9. The molecular formula is C18H15N5O. The van der Waals surface area contributed by atoms with Crippen molar-refractivity contribution in [1.29, 1.82) is 0 Å². The van der Waals surface area contributed by atoms with Gasteiger partial charge in [-0.3, -0.25) is 9.97 Å². The molecule has 4 rings (SSSR count). The lowest BCUT2D eigenvalue weighted by atomic mass is 10.2. The van der Waals surface area contributed by atoms with Crippen LogP contribution in [-0.4, -0.2) is 31.2 Å². The van der Waals surface area contributed by atoms with E-state index in [0.717, 1.165) is 12.0 Å². The lowest BCUT2D eigenvalue weighted by molar-refractivity contribution is 0.304. The van der Waals surface area contributed by atoms with Crippen molar-refractivity contribution in [1.82, 2.24) is 24.6 Å². The summed E-state index contributed by atoms with van der Waals surface area (Å²) in [6.45, 7) is 0.554. The van der Waals surface area contributed by atoms with E-state index in [1.54, 1.807) is 24.8 Å². The molecule has 3 heterocycles. The summed E-state index contributed by atoms with van der Waals surface area (Å²) in [5.74, 6) is 1.34. The molecule has 0 aliphatic carbocycles. The van der Waals surface area contributed by atoms with Crippen LogP contribution in [0.5, 0.6) is 5.88 Å². The number of ether oxygens (including phenoxy) is 1. The number of benzene rings is 1. The van der Waals surface area contributed by atoms with Crippen LogP contribution in [-0.2, 0) is 6.42 Å². The van der Waals surface area contributed by atoms with Gasteiger partial charge in [0, 0.05) is 24.4 Å². The average molecular weight is 317 g/mol. The molecule has 118 valence electrons. The van der Waals surface area contributed by atoms with Gasteiger partial charge in [0.05, 0.1) is 19.0 Å². The predicted octanol–water partition coefficient (Wildman–Crippen LogP) is 2.81. The van der Waals surface area contributed by atoms with Crippen LogP contribution < -0.4 is 4.74 Å². The van der Waals surface area contributed by atoms with Crippen molar-refractivity contribution in [3.63, 3.8) is 0 Å². The SMILES string of the molecule is c1ccc(CCOc2cncc3nnc(-c4ccncc4)n23)cc1. The van der Waals surface area contributed by atoms with Crippen molar-refractivity contribution >= 4 is 5.65 Å². The van der Waals surface area contributed by atoms with Crippen LogP contribution in [0, 0.1) is 0 Å². The number of pyridine rings is 1. The molecular weight excluding hydrogens is 302 g/mol. The Hall–Kier alpha value is -3.28. The van der Waals surface area contributed by atoms with Gasteiger partial charge in [-0.2, -0.15) is 0 Å². The number of fused-ring (bicyclic) bond motifs is 1. The molecule has 0 aliphatic rings. The molecule has 0 radical (unpaired) electrons. The Labute approximate surface area is 138 Å². The van der Waals surface area contributed by atoms with Crippen molar-refractivity contribution in [2.45, 2.75) is 6.42 Å². The number of hydrogen-bond donors (Lipinski definition) is 0. The smallest absolute Gasteiger partial charge is 0.220 e. The molecule has 0 atom stereocenters. The van der Waals surface area contributed by atoms with Gasteiger partial charge >= 0.3 is 0 Å². The second-order valence-electron chi connectivity index (χ2n) is 5.28. The third-order valence-electron chi connectivity index (χ3n) is 3.71. The van der Waals surface area contributed by atoms with Crippen LogP contribution in [0.2, 0.25) is 0 Å². The third kappa shape index (κ3) is 2.81. The van der Waals surface area contributed by atoms with Gasteiger partial charge in [-0.1, -0.05) is 30.3 Å². The highest BCUT2D eigenvalue weighted by Crippen LogP contribution is 2.22. The first-order valence-electron chi connectivity index (χ1n) is 7.68. The molecule has 24 heavy (non-hydrogen) atoms. The van der Waals surface area contributed by atoms with E-state index in [9.17, 15) is 0 Å². The van der Waals surface area contributed by atoms with Crippen molar-refractivity contribution in [3.8, 4) is 17.3 Å². The fourth-order valence-corrected chi connectivity index (χ4v) is 2.53. The molecule has 0 unspecified atom stereocenters. The lowest BCUT2D eigenvalue weighted by Gasteiger charge is -2.09. The molecule has 0 bridgehead atoms. The predicted molar refractivity (Wildman–Crippen MR) is 89.7 cm³/mol. The van der Waals surface area contributed by atoms with Crippen LogP contribution >= 0.6 is 0 Å². The largest absolute Gasteiger partial charge is 0.477 e. The summed E-state index contributed by atoms with van der Waals surface area (Å²) >= 11 is 0. The maximum Gasteiger partial charge on any atom is 0.220 e. The highest BCUT2D eigenvalue weighted by atomic mass is 16.5. The van der Waals surface area contributed by atoms with Crippen molar-refractivity contribution in [2.75, 3.05) is 6.61 Å². The molecule has 0 spiro atoms. The van der Waals surface area contributed by atoms with Crippen LogP contribution in [0.4, 0.5) is 0 Å². The van der Waals surface area contributed by atoms with Gasteiger partial charge in [-0.05, 0) is 17.7 Å². The van der Waals surface area contributed by atoms with Gasteiger partial charge in [0.25, 0.3) is 0 Å². The number of aromatic nitrogens is 5. The molecule has 0 fully saturated rings. The standard InChI is InChI=1S/C18H15N5O/c1-2-4-14(5-3-1)8-11-24-17-13-20-12-16-21-22-18(23(16)17)15-6-9-19-10-7-15/h1-7,9-10,12-13H,8,11H2. The van der Waals surface area contributed by atoms with E-state index in [-0.39, 0.29) is 0 Å². The average Bonchev–Trinajstić information content (AvgIpc) is 3.08. The Morgan fingerprint density at radius 3 is 2.54 bits per heavy atom. The number of hydrogen-bond acceptors (Lipinski definition) is 5. The van der Waals surface area contributed by atoms with Crippen LogP contribution in [0.3, 0.4) is 0 Å². The minimum atomic E-state index is 0.554. The summed E-state index contributed by atoms with van der Waals surface area (Å²) in [4.78, 5) is 8.22. The van der Waals surface area contributed by atoms with Crippen molar-refractivity contribution in [2.24, 2.45) is 0 Å². The van der Waals surface area contributed by atoms with E-state index < -0.39 is 0 Å². The van der Waals surface area contributed by atoms with Gasteiger partial charge in [0.1, 0.15) is 0 Å². The quantitative estimate of drug-likeness (QED) is 0.566. The number of nitrogens with zero attached hydrogens (tertiary/aromatic N) is 5. The minimum absolute atomic E-state index is 0.554. The van der Waals surface area contributed by atoms with Crippen LogP contribution in [0.25, 0.3) is 17.0 Å². The molecule has 1 aromatic carbocycles. The van der Waals surface area contributed by atoms with E-state index in [1.807, 2.05) is 34.7 Å². The van der Waals surface area contributed by atoms with E-state index in [2.05, 4.69) is 32.3 Å². The molecule has 0 saturated heterocycles. The summed E-state index contributed by atoms with van der Waals surface area (Å²) in [5, 5.41) is 8.43. The molecule has 0 aliphatic heterocycles. The molecule has 0 saturated carbocycles. The van der Waals surface area contributed by atoms with E-state index >= 15 is 0 Å². The lowest BCUT2D eigenvalue weighted by Crippen LogP contribution is -2.06. The first kappa shape index (κ1) is 14.3. The highest BCUT2D eigenvalue weighted by molar-refractivity contribution is 5.59. The summed E-state index contributed by atoms with van der Waals surface area (Å²) in [7, 11) is 0. The molecule has 6 nitrogen and oxygen atoms in total. The van der Waals surface area contributed by atoms with Crippen LogP contribution in [0.15, 0.2) is 67.3 Å². The zero-order valence-corrected chi connectivity index (χ0v) is 12.9. The van der Waals surface area contributed by atoms with E-state index in [1.165, 1.54) is 5.56 Å². The number of rotatable bonds is 5. The van der Waals surface area contributed by atoms with Crippen molar-refractivity contribution in [3.05, 3.63) is 72.8 Å².